The van der Waals surface area contributed by atoms with E-state index in [1.807, 2.05) is 6.07 Å². The number of ether oxygens (including phenoxy) is 1. The van der Waals surface area contributed by atoms with Gasteiger partial charge in [-0.15, -0.1) is 0 Å². The smallest absolute Gasteiger partial charge is 0.233 e. The maximum Gasteiger partial charge on any atom is 0.233 e. The number of carbonyl (C=O) groups excluding carboxylic acids is 2. The zero-order valence-electron chi connectivity index (χ0n) is 17.2. The largest absolute Gasteiger partial charge is 0.550 e. The molecule has 2 aliphatic rings. The Morgan fingerprint density at radius 3 is 2.52 bits per heavy atom. The number of hydrogen-bond acceptors (Lipinski definition) is 5. The Labute approximate surface area is 173 Å². The molecule has 6 nitrogen and oxygen atoms in total. The van der Waals surface area contributed by atoms with Crippen LogP contribution in [-0.4, -0.2) is 36.4 Å². The van der Waals surface area contributed by atoms with Crippen LogP contribution in [0, 0.1) is 11.8 Å². The van der Waals surface area contributed by atoms with Crippen molar-refractivity contribution >= 4 is 12.4 Å². The van der Waals surface area contributed by atoms with E-state index in [1.165, 1.54) is 5.56 Å². The topological polar surface area (TPSA) is 78.9 Å². The third-order valence-corrected chi connectivity index (χ3v) is 6.47. The van der Waals surface area contributed by atoms with E-state index in [1.54, 1.807) is 6.92 Å². The lowest BCUT2D eigenvalue weighted by molar-refractivity contribution is -0.322. The van der Waals surface area contributed by atoms with E-state index in [-0.39, 0.29) is 0 Å². The van der Waals surface area contributed by atoms with Crippen molar-refractivity contribution in [1.82, 2.24) is 5.06 Å². The van der Waals surface area contributed by atoms with Crippen LogP contribution in [0.1, 0.15) is 69.8 Å². The van der Waals surface area contributed by atoms with Crippen LogP contribution in [0.25, 0.3) is 0 Å². The molecule has 0 bridgehead atoms. The third-order valence-electron chi connectivity index (χ3n) is 6.47. The van der Waals surface area contributed by atoms with Gasteiger partial charge in [-0.1, -0.05) is 30.3 Å². The molecule has 3 unspecified atom stereocenters. The number of rotatable bonds is 9. The van der Waals surface area contributed by atoms with Crippen LogP contribution < -0.4 is 5.11 Å². The van der Waals surface area contributed by atoms with Crippen LogP contribution in [0.4, 0.5) is 0 Å². The number of aliphatic carboxylic acids is 1. The average Bonchev–Trinajstić information content (AvgIpc) is 2.77. The summed E-state index contributed by atoms with van der Waals surface area (Å²) in [5, 5.41) is 13.0. The second-order valence-electron chi connectivity index (χ2n) is 8.40. The minimum absolute atomic E-state index is 0.319. The van der Waals surface area contributed by atoms with Gasteiger partial charge in [0.1, 0.15) is 0 Å². The highest BCUT2D eigenvalue weighted by Crippen LogP contribution is 2.38. The van der Waals surface area contributed by atoms with E-state index in [2.05, 4.69) is 24.3 Å². The molecule has 1 heterocycles. The Balaban J connectivity index is 1.55. The van der Waals surface area contributed by atoms with Crippen molar-refractivity contribution in [3.8, 4) is 0 Å². The summed E-state index contributed by atoms with van der Waals surface area (Å²) in [6.07, 6.45) is 7.34. The maximum atomic E-state index is 11.9. The first kappa shape index (κ1) is 21.8. The summed E-state index contributed by atoms with van der Waals surface area (Å²) in [5.41, 5.74) is 1.36. The van der Waals surface area contributed by atoms with Gasteiger partial charge in [-0.05, 0) is 69.3 Å². The van der Waals surface area contributed by atoms with Crippen molar-refractivity contribution in [3.63, 3.8) is 0 Å². The van der Waals surface area contributed by atoms with Gasteiger partial charge in [0.05, 0.1) is 6.04 Å². The predicted octanol–water partition coefficient (Wildman–Crippen LogP) is 3.02. The first-order valence-corrected chi connectivity index (χ1v) is 10.9. The number of hydrogen-bond donors (Lipinski definition) is 0. The van der Waals surface area contributed by atoms with E-state index in [0.29, 0.717) is 37.7 Å². The van der Waals surface area contributed by atoms with Gasteiger partial charge in [0.15, 0.2) is 6.29 Å². The molecule has 0 spiro atoms. The lowest BCUT2D eigenvalue weighted by Crippen LogP contribution is -2.48. The lowest BCUT2D eigenvalue weighted by atomic mass is 9.75. The quantitative estimate of drug-likeness (QED) is 0.469. The zero-order valence-corrected chi connectivity index (χ0v) is 17.2. The highest BCUT2D eigenvalue weighted by Gasteiger charge is 2.31. The van der Waals surface area contributed by atoms with Crippen LogP contribution in [0.2, 0.25) is 0 Å². The SMILES string of the molecule is CC(C(CC1CCC(c2ccccc2)CC1)C(=O)[O-])N(C=O)OC1CCCCO1. The van der Waals surface area contributed by atoms with Gasteiger partial charge >= 0.3 is 0 Å². The van der Waals surface area contributed by atoms with Crippen molar-refractivity contribution < 1.29 is 24.3 Å². The highest BCUT2D eigenvalue weighted by molar-refractivity contribution is 5.69. The molecule has 0 aromatic heterocycles. The molecular weight excluding hydrogens is 370 g/mol. The van der Waals surface area contributed by atoms with Gasteiger partial charge in [-0.3, -0.25) is 4.79 Å². The first-order valence-electron chi connectivity index (χ1n) is 10.9. The molecule has 6 heteroatoms. The minimum Gasteiger partial charge on any atom is -0.550 e. The first-order chi connectivity index (χ1) is 14.1. The van der Waals surface area contributed by atoms with Crippen LogP contribution in [0.15, 0.2) is 30.3 Å². The summed E-state index contributed by atoms with van der Waals surface area (Å²) in [6.45, 7) is 2.31. The Hall–Kier alpha value is -1.92. The van der Waals surface area contributed by atoms with Crippen LogP contribution in [-0.2, 0) is 19.2 Å². The number of nitrogens with zero attached hydrogens (tertiary/aromatic N) is 1. The third kappa shape index (κ3) is 6.03. The Morgan fingerprint density at radius 1 is 1.21 bits per heavy atom. The van der Waals surface area contributed by atoms with Crippen molar-refractivity contribution in [1.29, 1.82) is 0 Å². The summed E-state index contributed by atoms with van der Waals surface area (Å²) in [5.74, 6) is -1.02. The monoisotopic (exact) mass is 402 g/mol. The summed E-state index contributed by atoms with van der Waals surface area (Å²) in [7, 11) is 0. The summed E-state index contributed by atoms with van der Waals surface area (Å²) in [4.78, 5) is 29.1. The van der Waals surface area contributed by atoms with Crippen molar-refractivity contribution in [2.75, 3.05) is 6.61 Å². The van der Waals surface area contributed by atoms with Crippen molar-refractivity contribution in [2.45, 2.75) is 76.5 Å². The standard InChI is InChI=1S/C23H33NO5/c1-17(24(16-25)29-22-9-5-6-14-28-22)21(23(26)27)15-18-10-12-20(13-11-18)19-7-3-2-4-8-19/h2-4,7-8,16-18,20-22H,5-6,9-15H2,1H3,(H,26,27)/p-1. The Morgan fingerprint density at radius 2 is 1.93 bits per heavy atom. The maximum absolute atomic E-state index is 11.9. The zero-order chi connectivity index (χ0) is 20.6. The molecule has 0 N–H and O–H groups in total. The summed E-state index contributed by atoms with van der Waals surface area (Å²) in [6, 6.07) is 9.90. The fourth-order valence-electron chi connectivity index (χ4n) is 4.63. The van der Waals surface area contributed by atoms with Crippen molar-refractivity contribution in [2.24, 2.45) is 11.8 Å². The molecule has 3 rings (SSSR count). The molecular formula is C23H32NO5-. The number of hydroxylamine groups is 2. The van der Waals surface area contributed by atoms with Crippen LogP contribution >= 0.6 is 0 Å². The van der Waals surface area contributed by atoms with E-state index >= 15 is 0 Å². The molecule has 0 radical (unpaired) electrons. The van der Waals surface area contributed by atoms with Gasteiger partial charge in [-0.2, -0.15) is 0 Å². The normalized spacial score (nSPS) is 27.0. The Kier molecular flexibility index (Phi) is 8.07. The molecule has 1 aliphatic carbocycles. The van der Waals surface area contributed by atoms with E-state index < -0.39 is 24.2 Å². The molecule has 1 saturated heterocycles. The van der Waals surface area contributed by atoms with Gasteiger partial charge in [-0.25, -0.2) is 9.90 Å². The van der Waals surface area contributed by atoms with Gasteiger partial charge in [0.2, 0.25) is 6.41 Å². The minimum atomic E-state index is -1.12. The van der Waals surface area contributed by atoms with E-state index in [9.17, 15) is 14.7 Å². The fraction of sp³-hybridized carbons (Fsp3) is 0.652. The number of benzene rings is 1. The number of amides is 1. The van der Waals surface area contributed by atoms with Gasteiger partial charge in [0, 0.05) is 24.9 Å². The molecule has 160 valence electrons. The predicted molar refractivity (Wildman–Crippen MR) is 106 cm³/mol. The molecule has 1 aliphatic heterocycles. The van der Waals surface area contributed by atoms with Crippen LogP contribution in [0.5, 0.6) is 0 Å². The summed E-state index contributed by atoms with van der Waals surface area (Å²) >= 11 is 0. The molecule has 29 heavy (non-hydrogen) atoms. The molecule has 1 saturated carbocycles. The molecule has 1 amide bonds. The number of carboxylic acids is 1. The molecule has 3 atom stereocenters. The second kappa shape index (κ2) is 10.7. The van der Waals surface area contributed by atoms with Gasteiger partial charge in [0.25, 0.3) is 0 Å². The number of carbonyl (C=O) groups is 2. The second-order valence-corrected chi connectivity index (χ2v) is 8.40. The van der Waals surface area contributed by atoms with Crippen LogP contribution in [0.3, 0.4) is 0 Å². The lowest BCUT2D eigenvalue weighted by Gasteiger charge is -2.37. The molecule has 1 aromatic rings. The number of carboxylic acid groups (broad SMARTS) is 1. The van der Waals surface area contributed by atoms with Gasteiger partial charge < -0.3 is 14.6 Å². The highest BCUT2D eigenvalue weighted by atomic mass is 16.8. The molecule has 1 aromatic carbocycles. The molecule has 2 fully saturated rings. The van der Waals surface area contributed by atoms with E-state index in [4.69, 9.17) is 9.57 Å². The van der Waals surface area contributed by atoms with Crippen molar-refractivity contribution in [3.05, 3.63) is 35.9 Å². The van der Waals surface area contributed by atoms with E-state index in [0.717, 1.165) is 43.6 Å². The summed E-state index contributed by atoms with van der Waals surface area (Å²) < 4.78 is 5.52. The Bertz CT molecular complexity index is 638. The fourth-order valence-corrected chi connectivity index (χ4v) is 4.63. The average molecular weight is 403 g/mol.